The Balaban J connectivity index is 1.66. The fraction of sp³-hybridized carbons (Fsp3) is 0.455. The highest BCUT2D eigenvalue weighted by Crippen LogP contribution is 2.19. The van der Waals surface area contributed by atoms with Gasteiger partial charge >= 0.3 is 0 Å². The van der Waals surface area contributed by atoms with Gasteiger partial charge in [0.1, 0.15) is 6.54 Å². The smallest absolute Gasteiger partial charge is 0.254 e. The van der Waals surface area contributed by atoms with E-state index < -0.39 is 0 Å². The summed E-state index contributed by atoms with van der Waals surface area (Å²) >= 11 is 0. The molecule has 2 heterocycles. The first-order valence-electron chi connectivity index (χ1n) is 5.83. The van der Waals surface area contributed by atoms with Crippen molar-refractivity contribution < 1.29 is 9.32 Å². The largest absolute Gasteiger partial charge is 0.349 e. The molecule has 94 valence electrons. The molecule has 3 rings (SSSR count). The highest BCUT2D eigenvalue weighted by Gasteiger charge is 2.24. The summed E-state index contributed by atoms with van der Waals surface area (Å²) in [7, 11) is 0. The van der Waals surface area contributed by atoms with Gasteiger partial charge in [-0.1, -0.05) is 5.16 Å². The molecule has 7 heteroatoms. The number of hydrogen-bond donors (Lipinski definition) is 1. The summed E-state index contributed by atoms with van der Waals surface area (Å²) in [6.07, 6.45) is 5.36. The van der Waals surface area contributed by atoms with Crippen molar-refractivity contribution in [2.75, 3.05) is 0 Å². The molecule has 0 atom stereocenters. The third kappa shape index (κ3) is 2.39. The average molecular weight is 247 g/mol. The predicted molar refractivity (Wildman–Crippen MR) is 60.9 cm³/mol. The van der Waals surface area contributed by atoms with E-state index in [0.717, 1.165) is 12.8 Å². The molecule has 7 nitrogen and oxygen atoms in total. The van der Waals surface area contributed by atoms with E-state index in [-0.39, 0.29) is 5.91 Å². The Morgan fingerprint density at radius 1 is 1.61 bits per heavy atom. The standard InChI is InChI=1S/C11H13N5O2/c1-7-13-10(18-15-7)6-16-5-8(4-12-16)11(17)14-9-2-3-9/h4-5,9H,2-3,6H2,1H3,(H,14,17). The van der Waals surface area contributed by atoms with Crippen LogP contribution in [0.3, 0.4) is 0 Å². The molecule has 1 saturated carbocycles. The first-order chi connectivity index (χ1) is 8.70. The summed E-state index contributed by atoms with van der Waals surface area (Å²) in [5, 5.41) is 10.7. The Bertz CT molecular complexity index is 570. The van der Waals surface area contributed by atoms with E-state index in [1.54, 1.807) is 24.0 Å². The molecule has 0 aromatic carbocycles. The summed E-state index contributed by atoms with van der Waals surface area (Å²) in [4.78, 5) is 15.8. The molecule has 18 heavy (non-hydrogen) atoms. The Kier molecular flexibility index (Phi) is 2.58. The van der Waals surface area contributed by atoms with E-state index in [0.29, 0.717) is 29.9 Å². The van der Waals surface area contributed by atoms with Gasteiger partial charge < -0.3 is 9.84 Å². The topological polar surface area (TPSA) is 85.8 Å². The number of carbonyl (C=O) groups excluding carboxylic acids is 1. The molecule has 1 fully saturated rings. The minimum absolute atomic E-state index is 0.0783. The van der Waals surface area contributed by atoms with Crippen LogP contribution in [-0.2, 0) is 6.54 Å². The molecule has 2 aromatic heterocycles. The third-order valence-corrected chi connectivity index (χ3v) is 2.67. The highest BCUT2D eigenvalue weighted by molar-refractivity contribution is 5.94. The highest BCUT2D eigenvalue weighted by atomic mass is 16.5. The lowest BCUT2D eigenvalue weighted by atomic mass is 10.3. The van der Waals surface area contributed by atoms with Crippen molar-refractivity contribution in [1.29, 1.82) is 0 Å². The number of hydrogen-bond acceptors (Lipinski definition) is 5. The lowest BCUT2D eigenvalue weighted by Gasteiger charge is -1.98. The molecule has 1 amide bonds. The van der Waals surface area contributed by atoms with E-state index in [1.807, 2.05) is 0 Å². The van der Waals surface area contributed by atoms with E-state index >= 15 is 0 Å². The monoisotopic (exact) mass is 247 g/mol. The van der Waals surface area contributed by atoms with Crippen LogP contribution in [-0.4, -0.2) is 31.9 Å². The van der Waals surface area contributed by atoms with Crippen LogP contribution < -0.4 is 5.32 Å². The van der Waals surface area contributed by atoms with Crippen LogP contribution in [0.15, 0.2) is 16.9 Å². The van der Waals surface area contributed by atoms with Crippen molar-refractivity contribution in [3.63, 3.8) is 0 Å². The van der Waals surface area contributed by atoms with Gasteiger partial charge in [-0.25, -0.2) is 0 Å². The van der Waals surface area contributed by atoms with Crippen molar-refractivity contribution in [3.05, 3.63) is 29.7 Å². The first-order valence-corrected chi connectivity index (χ1v) is 5.83. The van der Waals surface area contributed by atoms with E-state index in [4.69, 9.17) is 4.52 Å². The van der Waals surface area contributed by atoms with Gasteiger partial charge in [0.15, 0.2) is 5.82 Å². The average Bonchev–Trinajstić information content (AvgIpc) is 2.87. The number of aromatic nitrogens is 4. The van der Waals surface area contributed by atoms with Gasteiger partial charge in [0.2, 0.25) is 5.89 Å². The number of rotatable bonds is 4. The van der Waals surface area contributed by atoms with Gasteiger partial charge in [-0.3, -0.25) is 9.48 Å². The number of nitrogens with zero attached hydrogens (tertiary/aromatic N) is 4. The van der Waals surface area contributed by atoms with Gasteiger partial charge in [0.05, 0.1) is 11.8 Å². The number of aryl methyl sites for hydroxylation is 1. The Labute approximate surface area is 103 Å². The summed E-state index contributed by atoms with van der Waals surface area (Å²) in [6, 6.07) is 0.347. The summed E-state index contributed by atoms with van der Waals surface area (Å²) < 4.78 is 6.60. The molecule has 1 aliphatic rings. The van der Waals surface area contributed by atoms with Crippen molar-refractivity contribution in [2.24, 2.45) is 0 Å². The van der Waals surface area contributed by atoms with Crippen LogP contribution >= 0.6 is 0 Å². The minimum Gasteiger partial charge on any atom is -0.349 e. The van der Waals surface area contributed by atoms with E-state index in [9.17, 15) is 4.79 Å². The second-order valence-corrected chi connectivity index (χ2v) is 4.41. The molecule has 0 bridgehead atoms. The van der Waals surface area contributed by atoms with Crippen molar-refractivity contribution in [3.8, 4) is 0 Å². The molecule has 0 aliphatic heterocycles. The lowest BCUT2D eigenvalue weighted by Crippen LogP contribution is -2.24. The fourth-order valence-corrected chi connectivity index (χ4v) is 1.61. The maximum absolute atomic E-state index is 11.7. The summed E-state index contributed by atoms with van der Waals surface area (Å²) in [6.45, 7) is 2.13. The van der Waals surface area contributed by atoms with Crippen LogP contribution in [0.4, 0.5) is 0 Å². The van der Waals surface area contributed by atoms with Crippen LogP contribution in [0, 0.1) is 6.92 Å². The number of nitrogens with one attached hydrogen (secondary N) is 1. The normalized spacial score (nSPS) is 14.7. The van der Waals surface area contributed by atoms with Gasteiger partial charge in [-0.05, 0) is 19.8 Å². The molecule has 0 unspecified atom stereocenters. The third-order valence-electron chi connectivity index (χ3n) is 2.67. The summed E-state index contributed by atoms with van der Waals surface area (Å²) in [5.41, 5.74) is 0.554. The zero-order valence-corrected chi connectivity index (χ0v) is 9.96. The molecule has 1 N–H and O–H groups in total. The predicted octanol–water partition coefficient (Wildman–Crippen LogP) is 0.515. The number of carbonyl (C=O) groups is 1. The molecule has 0 saturated heterocycles. The maximum atomic E-state index is 11.7. The lowest BCUT2D eigenvalue weighted by molar-refractivity contribution is 0.0951. The maximum Gasteiger partial charge on any atom is 0.254 e. The molecule has 0 spiro atoms. The molecular formula is C11H13N5O2. The van der Waals surface area contributed by atoms with E-state index in [1.165, 1.54) is 0 Å². The zero-order chi connectivity index (χ0) is 12.5. The minimum atomic E-state index is -0.0783. The molecule has 2 aromatic rings. The van der Waals surface area contributed by atoms with Crippen LogP contribution in [0.25, 0.3) is 0 Å². The second kappa shape index (κ2) is 4.25. The Hall–Kier alpha value is -2.18. The SMILES string of the molecule is Cc1noc(Cn2cc(C(=O)NC3CC3)cn2)n1. The summed E-state index contributed by atoms with van der Waals surface area (Å²) in [5.74, 6) is 0.985. The number of amides is 1. The van der Waals surface area contributed by atoms with Crippen molar-refractivity contribution in [2.45, 2.75) is 32.4 Å². The van der Waals surface area contributed by atoms with E-state index in [2.05, 4.69) is 20.6 Å². The molecule has 0 radical (unpaired) electrons. The van der Waals surface area contributed by atoms with Gasteiger partial charge in [0.25, 0.3) is 5.91 Å². The first kappa shape index (κ1) is 10.9. The zero-order valence-electron chi connectivity index (χ0n) is 9.96. The Morgan fingerprint density at radius 3 is 3.11 bits per heavy atom. The van der Waals surface area contributed by atoms with Crippen LogP contribution in [0.1, 0.15) is 34.9 Å². The van der Waals surface area contributed by atoms with Gasteiger partial charge in [-0.15, -0.1) is 0 Å². The molecule has 1 aliphatic carbocycles. The molecular weight excluding hydrogens is 234 g/mol. The second-order valence-electron chi connectivity index (χ2n) is 4.41. The van der Waals surface area contributed by atoms with Crippen molar-refractivity contribution >= 4 is 5.91 Å². The fourth-order valence-electron chi connectivity index (χ4n) is 1.61. The van der Waals surface area contributed by atoms with Crippen LogP contribution in [0.5, 0.6) is 0 Å². The van der Waals surface area contributed by atoms with Gasteiger partial charge in [0, 0.05) is 12.2 Å². The van der Waals surface area contributed by atoms with Crippen LogP contribution in [0.2, 0.25) is 0 Å². The van der Waals surface area contributed by atoms with Gasteiger partial charge in [-0.2, -0.15) is 10.1 Å². The quantitative estimate of drug-likeness (QED) is 0.851. The Morgan fingerprint density at radius 2 is 2.44 bits per heavy atom. The van der Waals surface area contributed by atoms with Crippen molar-refractivity contribution in [1.82, 2.24) is 25.2 Å².